The van der Waals surface area contributed by atoms with Gasteiger partial charge in [-0.05, 0) is 29.8 Å². The van der Waals surface area contributed by atoms with Crippen LogP contribution in [0.4, 0.5) is 0 Å². The topological polar surface area (TPSA) is 92.8 Å². The van der Waals surface area contributed by atoms with Crippen molar-refractivity contribution in [2.45, 2.75) is 0 Å². The summed E-state index contributed by atoms with van der Waals surface area (Å²) in [7, 11) is -3.44. The largest absolute Gasteiger partial charge is 0.508 e. The number of aromatic hydroxyl groups is 1. The highest BCUT2D eigenvalue weighted by Gasteiger charge is 1.99. The zero-order valence-electron chi connectivity index (χ0n) is 8.00. The summed E-state index contributed by atoms with van der Waals surface area (Å²) in [5.74, 6) is 0.0124. The maximum absolute atomic E-state index is 10.6. The molecule has 15 heavy (non-hydrogen) atoms. The van der Waals surface area contributed by atoms with Crippen LogP contribution in [0.3, 0.4) is 0 Å². The van der Waals surface area contributed by atoms with E-state index in [2.05, 4.69) is 4.99 Å². The number of hydrogen-bond acceptors (Lipinski definition) is 4. The molecule has 0 fully saturated rings. The lowest BCUT2D eigenvalue weighted by molar-refractivity contribution is 0.475. The van der Waals surface area contributed by atoms with Crippen molar-refractivity contribution in [1.29, 1.82) is 0 Å². The number of aliphatic imine (C=N–C) groups is 1. The van der Waals surface area contributed by atoms with E-state index in [1.54, 1.807) is 12.1 Å². The lowest BCUT2D eigenvalue weighted by Crippen LogP contribution is -2.18. The highest BCUT2D eigenvalue weighted by molar-refractivity contribution is 7.89. The minimum absolute atomic E-state index is 0.139. The highest BCUT2D eigenvalue weighted by Crippen LogP contribution is 2.07. The number of phenols is 1. The van der Waals surface area contributed by atoms with Gasteiger partial charge in [-0.3, -0.25) is 4.99 Å². The molecule has 0 radical (unpaired) electrons. The summed E-state index contributed by atoms with van der Waals surface area (Å²) in [4.78, 5) is 3.89. The molecular formula is C9H12N2O3S. The van der Waals surface area contributed by atoms with Gasteiger partial charge in [-0.1, -0.05) is 0 Å². The van der Waals surface area contributed by atoms with Gasteiger partial charge in [-0.25, -0.2) is 13.6 Å². The van der Waals surface area contributed by atoms with Gasteiger partial charge < -0.3 is 5.11 Å². The summed E-state index contributed by atoms with van der Waals surface area (Å²) in [5.41, 5.74) is 0.794. The van der Waals surface area contributed by atoms with Gasteiger partial charge in [-0.2, -0.15) is 0 Å². The summed E-state index contributed by atoms with van der Waals surface area (Å²) in [6.45, 7) is 0.139. The molecule has 1 rings (SSSR count). The third-order valence-corrected chi connectivity index (χ3v) is 2.39. The van der Waals surface area contributed by atoms with Crippen LogP contribution in [0.2, 0.25) is 0 Å². The molecular weight excluding hydrogens is 216 g/mol. The maximum atomic E-state index is 10.6. The number of hydrogen-bond donors (Lipinski definition) is 2. The quantitative estimate of drug-likeness (QED) is 0.716. The Bertz CT molecular complexity index is 437. The third-order valence-electron chi connectivity index (χ3n) is 1.64. The predicted molar refractivity (Wildman–Crippen MR) is 58.5 cm³/mol. The average Bonchev–Trinajstić information content (AvgIpc) is 2.14. The first-order valence-corrected chi connectivity index (χ1v) is 5.98. The number of primary sulfonamides is 1. The molecule has 0 spiro atoms. The molecule has 0 saturated heterocycles. The number of phenolic OH excluding ortho intramolecular Hbond substituents is 1. The Morgan fingerprint density at radius 3 is 2.47 bits per heavy atom. The van der Waals surface area contributed by atoms with Gasteiger partial charge in [0.15, 0.2) is 0 Å². The van der Waals surface area contributed by atoms with Gasteiger partial charge in [0.1, 0.15) is 5.75 Å². The average molecular weight is 228 g/mol. The van der Waals surface area contributed by atoms with Crippen molar-refractivity contribution in [3.05, 3.63) is 29.8 Å². The second-order valence-corrected chi connectivity index (χ2v) is 4.73. The molecule has 0 aliphatic heterocycles. The van der Waals surface area contributed by atoms with E-state index < -0.39 is 10.0 Å². The maximum Gasteiger partial charge on any atom is 0.210 e. The molecule has 0 bridgehead atoms. The molecule has 5 nitrogen and oxygen atoms in total. The standard InChI is InChI=1S/C9H12N2O3S/c10-15(13,14)6-5-11-7-8-1-3-9(12)4-2-8/h1-4,7,12H,5-6H2,(H2,10,13,14). The monoisotopic (exact) mass is 228 g/mol. The molecule has 1 aromatic rings. The van der Waals surface area contributed by atoms with Gasteiger partial charge in [0.05, 0.1) is 12.3 Å². The van der Waals surface area contributed by atoms with E-state index in [0.717, 1.165) is 5.56 Å². The Balaban J connectivity index is 2.48. The van der Waals surface area contributed by atoms with Crippen LogP contribution >= 0.6 is 0 Å². The molecule has 3 N–H and O–H groups in total. The second kappa shape index (κ2) is 4.90. The van der Waals surface area contributed by atoms with Crippen LogP contribution in [-0.2, 0) is 10.0 Å². The zero-order valence-corrected chi connectivity index (χ0v) is 8.81. The van der Waals surface area contributed by atoms with Crippen LogP contribution in [0.5, 0.6) is 5.75 Å². The Morgan fingerprint density at radius 2 is 1.93 bits per heavy atom. The fourth-order valence-corrected chi connectivity index (χ4v) is 1.27. The fraction of sp³-hybridized carbons (Fsp3) is 0.222. The molecule has 82 valence electrons. The molecule has 6 heteroatoms. The van der Waals surface area contributed by atoms with Crippen LogP contribution in [0.15, 0.2) is 29.3 Å². The summed E-state index contributed by atoms with van der Waals surface area (Å²) in [5, 5.41) is 13.8. The van der Waals surface area contributed by atoms with Gasteiger partial charge >= 0.3 is 0 Å². The normalized spacial score (nSPS) is 12.1. The molecule has 0 atom stereocenters. The first kappa shape index (κ1) is 11.7. The van der Waals surface area contributed by atoms with Crippen LogP contribution in [0.25, 0.3) is 0 Å². The van der Waals surface area contributed by atoms with E-state index in [0.29, 0.717) is 0 Å². The number of rotatable bonds is 4. The number of sulfonamides is 1. The molecule has 0 unspecified atom stereocenters. The van der Waals surface area contributed by atoms with Crippen LogP contribution in [-0.4, -0.2) is 32.0 Å². The number of nitrogens with two attached hydrogens (primary N) is 1. The van der Waals surface area contributed by atoms with Gasteiger partial charge in [-0.15, -0.1) is 0 Å². The lowest BCUT2D eigenvalue weighted by atomic mass is 10.2. The summed E-state index contributed by atoms with van der Waals surface area (Å²) in [6, 6.07) is 6.41. The summed E-state index contributed by atoms with van der Waals surface area (Å²) >= 11 is 0. The molecule has 0 aliphatic rings. The Labute approximate surface area is 88.3 Å². The van der Waals surface area contributed by atoms with Crippen molar-refractivity contribution in [1.82, 2.24) is 0 Å². The van der Waals surface area contributed by atoms with Crippen LogP contribution in [0, 0.1) is 0 Å². The Hall–Kier alpha value is -1.40. The SMILES string of the molecule is NS(=O)(=O)CCN=Cc1ccc(O)cc1. The van der Waals surface area contributed by atoms with Crippen molar-refractivity contribution in [2.24, 2.45) is 10.1 Å². The highest BCUT2D eigenvalue weighted by atomic mass is 32.2. The Morgan fingerprint density at radius 1 is 1.33 bits per heavy atom. The van der Waals surface area contributed by atoms with Crippen LogP contribution in [0.1, 0.15) is 5.56 Å². The lowest BCUT2D eigenvalue weighted by Gasteiger charge is -1.94. The Kier molecular flexibility index (Phi) is 3.81. The summed E-state index contributed by atoms with van der Waals surface area (Å²) < 4.78 is 21.1. The first-order chi connectivity index (χ1) is 6.97. The van der Waals surface area contributed by atoms with Crippen molar-refractivity contribution in [3.8, 4) is 5.75 Å². The first-order valence-electron chi connectivity index (χ1n) is 4.27. The minimum atomic E-state index is -3.44. The van der Waals surface area contributed by atoms with E-state index in [4.69, 9.17) is 10.2 Å². The molecule has 0 aromatic heterocycles. The third kappa shape index (κ3) is 5.14. The van der Waals surface area contributed by atoms with Crippen molar-refractivity contribution < 1.29 is 13.5 Å². The second-order valence-electron chi connectivity index (χ2n) is 2.99. The van der Waals surface area contributed by atoms with Crippen molar-refractivity contribution >= 4 is 16.2 Å². The van der Waals surface area contributed by atoms with E-state index in [1.807, 2.05) is 0 Å². The van der Waals surface area contributed by atoms with E-state index >= 15 is 0 Å². The molecule has 0 amide bonds. The molecule has 0 aliphatic carbocycles. The number of nitrogens with zero attached hydrogens (tertiary/aromatic N) is 1. The van der Waals surface area contributed by atoms with E-state index in [-0.39, 0.29) is 18.0 Å². The zero-order chi connectivity index (χ0) is 11.3. The molecule has 0 heterocycles. The molecule has 0 saturated carbocycles. The molecule has 1 aromatic carbocycles. The smallest absolute Gasteiger partial charge is 0.210 e. The van der Waals surface area contributed by atoms with E-state index in [9.17, 15) is 8.42 Å². The van der Waals surface area contributed by atoms with Crippen molar-refractivity contribution in [3.63, 3.8) is 0 Å². The fourth-order valence-electron chi connectivity index (χ4n) is 0.910. The summed E-state index contributed by atoms with van der Waals surface area (Å²) in [6.07, 6.45) is 1.53. The van der Waals surface area contributed by atoms with Gasteiger partial charge in [0.25, 0.3) is 0 Å². The number of benzene rings is 1. The van der Waals surface area contributed by atoms with Gasteiger partial charge in [0, 0.05) is 6.21 Å². The van der Waals surface area contributed by atoms with Crippen molar-refractivity contribution in [2.75, 3.05) is 12.3 Å². The van der Waals surface area contributed by atoms with Crippen LogP contribution < -0.4 is 5.14 Å². The minimum Gasteiger partial charge on any atom is -0.508 e. The van der Waals surface area contributed by atoms with Gasteiger partial charge in [0.2, 0.25) is 10.0 Å². The van der Waals surface area contributed by atoms with E-state index in [1.165, 1.54) is 18.3 Å². The predicted octanol–water partition coefficient (Wildman–Crippen LogP) is 0.0996.